The monoisotopic (exact) mass is 299 g/mol. The molecule has 2 heterocycles. The van der Waals surface area contributed by atoms with E-state index in [-0.39, 0.29) is 17.8 Å². The smallest absolute Gasteiger partial charge is 0.316 e. The molecule has 1 N–H and O–H groups in total. The van der Waals surface area contributed by atoms with Crippen LogP contribution in [0.2, 0.25) is 0 Å². The van der Waals surface area contributed by atoms with Crippen LogP contribution in [-0.2, 0) is 0 Å². The molecule has 3 aromatic rings. The number of rotatable bonds is 4. The van der Waals surface area contributed by atoms with Gasteiger partial charge in [0.15, 0.2) is 0 Å². The van der Waals surface area contributed by atoms with Gasteiger partial charge in [0.2, 0.25) is 5.82 Å². The van der Waals surface area contributed by atoms with Crippen molar-refractivity contribution in [1.29, 1.82) is 0 Å². The summed E-state index contributed by atoms with van der Waals surface area (Å²) >= 11 is 1.50. The molecule has 5 nitrogen and oxygen atoms in total. The molecular formula is C15H13N3O2S. The number of hydrogen-bond donors (Lipinski definition) is 1. The van der Waals surface area contributed by atoms with Crippen LogP contribution in [-0.4, -0.2) is 16.0 Å². The van der Waals surface area contributed by atoms with E-state index in [0.29, 0.717) is 5.82 Å². The van der Waals surface area contributed by atoms with E-state index in [9.17, 15) is 4.79 Å². The van der Waals surface area contributed by atoms with Crippen LogP contribution in [0.1, 0.15) is 29.2 Å². The summed E-state index contributed by atoms with van der Waals surface area (Å²) in [4.78, 5) is 17.1. The van der Waals surface area contributed by atoms with Gasteiger partial charge in [0.05, 0.1) is 10.9 Å². The minimum atomic E-state index is -0.373. The van der Waals surface area contributed by atoms with Crippen LogP contribution >= 0.6 is 11.3 Å². The second-order valence-electron chi connectivity index (χ2n) is 4.51. The van der Waals surface area contributed by atoms with Crippen molar-refractivity contribution in [2.45, 2.75) is 13.0 Å². The van der Waals surface area contributed by atoms with E-state index in [0.717, 1.165) is 10.4 Å². The number of nitrogens with one attached hydrogen (secondary N) is 1. The highest BCUT2D eigenvalue weighted by atomic mass is 32.1. The number of carbonyl (C=O) groups is 1. The fraction of sp³-hybridized carbons (Fsp3) is 0.133. The molecule has 0 aliphatic rings. The van der Waals surface area contributed by atoms with E-state index in [2.05, 4.69) is 15.5 Å². The highest BCUT2D eigenvalue weighted by Crippen LogP contribution is 2.21. The zero-order valence-electron chi connectivity index (χ0n) is 11.3. The average Bonchev–Trinajstić information content (AvgIpc) is 3.19. The minimum absolute atomic E-state index is 0.0267. The van der Waals surface area contributed by atoms with Crippen LogP contribution in [0, 0.1) is 0 Å². The summed E-state index contributed by atoms with van der Waals surface area (Å²) < 4.78 is 5.02. The van der Waals surface area contributed by atoms with E-state index in [1.807, 2.05) is 54.8 Å². The van der Waals surface area contributed by atoms with Crippen LogP contribution in [0.15, 0.2) is 52.4 Å². The maximum absolute atomic E-state index is 12.1. The van der Waals surface area contributed by atoms with Gasteiger partial charge >= 0.3 is 11.8 Å². The van der Waals surface area contributed by atoms with Gasteiger partial charge in [-0.25, -0.2) is 0 Å². The van der Waals surface area contributed by atoms with Gasteiger partial charge < -0.3 is 9.84 Å². The number of nitrogens with zero attached hydrogens (tertiary/aromatic N) is 2. The molecule has 1 atom stereocenters. The minimum Gasteiger partial charge on any atom is -0.341 e. The predicted molar refractivity (Wildman–Crippen MR) is 79.9 cm³/mol. The Morgan fingerprint density at radius 2 is 2.05 bits per heavy atom. The Balaban J connectivity index is 1.71. The van der Waals surface area contributed by atoms with Gasteiger partial charge in [-0.05, 0) is 23.9 Å². The van der Waals surface area contributed by atoms with Gasteiger partial charge in [0.25, 0.3) is 0 Å². The molecule has 6 heteroatoms. The Labute approximate surface area is 125 Å². The van der Waals surface area contributed by atoms with Crippen LogP contribution in [0.4, 0.5) is 0 Å². The zero-order valence-corrected chi connectivity index (χ0v) is 12.1. The van der Waals surface area contributed by atoms with Crippen molar-refractivity contribution in [2.75, 3.05) is 0 Å². The molecule has 0 fully saturated rings. The Bertz CT molecular complexity index is 722. The lowest BCUT2D eigenvalue weighted by molar-refractivity contribution is 0.0895. The summed E-state index contributed by atoms with van der Waals surface area (Å²) in [6, 6.07) is 13.3. The molecule has 0 saturated carbocycles. The molecule has 3 rings (SSSR count). The number of amides is 1. The van der Waals surface area contributed by atoms with Crippen molar-refractivity contribution in [3.8, 4) is 10.7 Å². The Morgan fingerprint density at radius 3 is 2.76 bits per heavy atom. The summed E-state index contributed by atoms with van der Waals surface area (Å²) in [5, 5.41) is 8.58. The third kappa shape index (κ3) is 3.00. The maximum atomic E-state index is 12.1. The number of aromatic nitrogens is 2. The Morgan fingerprint density at radius 1 is 1.24 bits per heavy atom. The zero-order chi connectivity index (χ0) is 14.7. The molecule has 1 unspecified atom stereocenters. The second-order valence-corrected chi connectivity index (χ2v) is 5.45. The van der Waals surface area contributed by atoms with Crippen molar-refractivity contribution >= 4 is 17.2 Å². The van der Waals surface area contributed by atoms with Crippen LogP contribution in [0.25, 0.3) is 10.7 Å². The molecule has 1 amide bonds. The van der Waals surface area contributed by atoms with Crippen molar-refractivity contribution < 1.29 is 9.32 Å². The van der Waals surface area contributed by atoms with E-state index >= 15 is 0 Å². The quantitative estimate of drug-likeness (QED) is 0.802. The van der Waals surface area contributed by atoms with Gasteiger partial charge in [0, 0.05) is 0 Å². The highest BCUT2D eigenvalue weighted by molar-refractivity contribution is 7.13. The second kappa shape index (κ2) is 5.88. The standard InChI is InChI=1S/C15H13N3O2S/c1-10(11-6-3-2-4-7-11)16-14(19)15-17-13(18-20-15)12-8-5-9-21-12/h2-10H,1H3,(H,16,19). The molecule has 0 bridgehead atoms. The van der Waals surface area contributed by atoms with E-state index in [1.54, 1.807) is 0 Å². The van der Waals surface area contributed by atoms with E-state index < -0.39 is 0 Å². The topological polar surface area (TPSA) is 68.0 Å². The van der Waals surface area contributed by atoms with Crippen LogP contribution in [0.5, 0.6) is 0 Å². The Kier molecular flexibility index (Phi) is 3.79. The largest absolute Gasteiger partial charge is 0.341 e. The lowest BCUT2D eigenvalue weighted by Crippen LogP contribution is -2.26. The summed E-state index contributed by atoms with van der Waals surface area (Å²) in [5.41, 5.74) is 1.02. The van der Waals surface area contributed by atoms with E-state index in [4.69, 9.17) is 4.52 Å². The van der Waals surface area contributed by atoms with Crippen molar-refractivity contribution in [2.24, 2.45) is 0 Å². The fourth-order valence-electron chi connectivity index (χ4n) is 1.91. The molecule has 106 valence electrons. The average molecular weight is 299 g/mol. The normalized spacial score (nSPS) is 12.0. The summed E-state index contributed by atoms with van der Waals surface area (Å²) in [7, 11) is 0. The summed E-state index contributed by atoms with van der Waals surface area (Å²) in [6.45, 7) is 1.91. The maximum Gasteiger partial charge on any atom is 0.316 e. The SMILES string of the molecule is CC(NC(=O)c1nc(-c2cccs2)no1)c1ccccc1. The highest BCUT2D eigenvalue weighted by Gasteiger charge is 2.18. The van der Waals surface area contributed by atoms with E-state index in [1.165, 1.54) is 11.3 Å². The first-order valence-electron chi connectivity index (χ1n) is 6.47. The van der Waals surface area contributed by atoms with Crippen LogP contribution < -0.4 is 5.32 Å². The first-order valence-corrected chi connectivity index (χ1v) is 7.35. The molecule has 21 heavy (non-hydrogen) atoms. The molecule has 0 saturated heterocycles. The van der Waals surface area contributed by atoms with Gasteiger partial charge in [0.1, 0.15) is 0 Å². The molecule has 2 aromatic heterocycles. The number of carbonyl (C=O) groups excluding carboxylic acids is 1. The first kappa shape index (κ1) is 13.5. The summed E-state index contributed by atoms with van der Waals surface area (Å²) in [5.74, 6) is 0.0327. The van der Waals surface area contributed by atoms with Crippen LogP contribution in [0.3, 0.4) is 0 Å². The molecular weight excluding hydrogens is 286 g/mol. The van der Waals surface area contributed by atoms with Gasteiger partial charge in [-0.15, -0.1) is 11.3 Å². The molecule has 0 radical (unpaired) electrons. The van der Waals surface area contributed by atoms with Crippen molar-refractivity contribution in [3.05, 3.63) is 59.3 Å². The third-order valence-corrected chi connectivity index (χ3v) is 3.87. The van der Waals surface area contributed by atoms with Gasteiger partial charge in [-0.2, -0.15) is 4.98 Å². The number of thiophene rings is 1. The fourth-order valence-corrected chi connectivity index (χ4v) is 2.55. The summed E-state index contributed by atoms with van der Waals surface area (Å²) in [6.07, 6.45) is 0. The third-order valence-electron chi connectivity index (χ3n) is 3.01. The Hall–Kier alpha value is -2.47. The number of hydrogen-bond acceptors (Lipinski definition) is 5. The molecule has 1 aromatic carbocycles. The predicted octanol–water partition coefficient (Wildman–Crippen LogP) is 3.29. The van der Waals surface area contributed by atoms with Gasteiger partial charge in [-0.3, -0.25) is 4.79 Å². The first-order chi connectivity index (χ1) is 10.2. The lowest BCUT2D eigenvalue weighted by atomic mass is 10.1. The van der Waals surface area contributed by atoms with Crippen molar-refractivity contribution in [1.82, 2.24) is 15.5 Å². The van der Waals surface area contributed by atoms with Crippen molar-refractivity contribution in [3.63, 3.8) is 0 Å². The lowest BCUT2D eigenvalue weighted by Gasteiger charge is -2.12. The molecule has 0 aliphatic heterocycles. The van der Waals surface area contributed by atoms with Gasteiger partial charge in [-0.1, -0.05) is 41.6 Å². The molecule has 0 spiro atoms. The number of benzene rings is 1. The molecule has 0 aliphatic carbocycles.